The molecule has 186 valence electrons. The van der Waals surface area contributed by atoms with Crippen LogP contribution >= 0.6 is 0 Å². The molecule has 0 saturated carbocycles. The van der Waals surface area contributed by atoms with E-state index in [4.69, 9.17) is 0 Å². The standard InChI is InChI=1S/C28H36N4O3/c1-19(29-2)25(33)17-22-18-30-16-15-23-13-14-24(32(23)28(22)35)27(34)31-26(20-9-5-3-6-10-20)21-11-7-4-8-12-21/h3-12,19,22-24,26,29-30H,13-18H2,1-2H3,(H,31,34)/t19-,22-,23+,24-/m0/s1. The van der Waals surface area contributed by atoms with Crippen molar-refractivity contribution in [3.05, 3.63) is 71.8 Å². The van der Waals surface area contributed by atoms with Crippen molar-refractivity contribution in [1.29, 1.82) is 0 Å². The molecule has 0 radical (unpaired) electrons. The Hall–Kier alpha value is -3.03. The molecule has 4 rings (SSSR count). The lowest BCUT2D eigenvalue weighted by Gasteiger charge is -2.36. The summed E-state index contributed by atoms with van der Waals surface area (Å²) >= 11 is 0. The van der Waals surface area contributed by atoms with Crippen LogP contribution in [0.25, 0.3) is 0 Å². The van der Waals surface area contributed by atoms with Crippen LogP contribution in [-0.4, -0.2) is 60.8 Å². The molecule has 2 fully saturated rings. The molecule has 0 aliphatic carbocycles. The molecule has 2 aromatic rings. The van der Waals surface area contributed by atoms with Crippen LogP contribution in [0.4, 0.5) is 0 Å². The van der Waals surface area contributed by atoms with Crippen LogP contribution in [0.1, 0.15) is 49.8 Å². The van der Waals surface area contributed by atoms with Gasteiger partial charge in [0.1, 0.15) is 11.8 Å². The number of hydrogen-bond acceptors (Lipinski definition) is 5. The van der Waals surface area contributed by atoms with Crippen molar-refractivity contribution in [2.24, 2.45) is 5.92 Å². The van der Waals surface area contributed by atoms with Gasteiger partial charge in [-0.3, -0.25) is 14.4 Å². The quantitative estimate of drug-likeness (QED) is 0.545. The van der Waals surface area contributed by atoms with Crippen molar-refractivity contribution < 1.29 is 14.4 Å². The third-order valence-electron chi connectivity index (χ3n) is 7.37. The molecule has 0 spiro atoms. The first-order valence-corrected chi connectivity index (χ1v) is 12.6. The Morgan fingerprint density at radius 1 is 1.00 bits per heavy atom. The van der Waals surface area contributed by atoms with Crippen molar-refractivity contribution in [1.82, 2.24) is 20.9 Å². The molecule has 7 heteroatoms. The van der Waals surface area contributed by atoms with Gasteiger partial charge in [-0.1, -0.05) is 60.7 Å². The van der Waals surface area contributed by atoms with Gasteiger partial charge in [0.15, 0.2) is 0 Å². The van der Waals surface area contributed by atoms with Gasteiger partial charge < -0.3 is 20.9 Å². The van der Waals surface area contributed by atoms with Crippen LogP contribution in [-0.2, 0) is 14.4 Å². The van der Waals surface area contributed by atoms with E-state index >= 15 is 0 Å². The van der Waals surface area contributed by atoms with Crippen molar-refractivity contribution in [3.63, 3.8) is 0 Å². The molecule has 7 nitrogen and oxygen atoms in total. The average Bonchev–Trinajstić information content (AvgIpc) is 3.31. The number of carbonyl (C=O) groups is 3. The maximum absolute atomic E-state index is 13.7. The third-order valence-corrected chi connectivity index (χ3v) is 7.37. The van der Waals surface area contributed by atoms with E-state index in [0.29, 0.717) is 13.0 Å². The summed E-state index contributed by atoms with van der Waals surface area (Å²) in [5.74, 6) is -0.681. The zero-order chi connectivity index (χ0) is 24.8. The van der Waals surface area contributed by atoms with Crippen LogP contribution in [0.3, 0.4) is 0 Å². The number of nitrogens with one attached hydrogen (secondary N) is 3. The summed E-state index contributed by atoms with van der Waals surface area (Å²) < 4.78 is 0. The first kappa shape index (κ1) is 25.1. The number of nitrogens with zero attached hydrogens (tertiary/aromatic N) is 1. The number of carbonyl (C=O) groups excluding carboxylic acids is 3. The van der Waals surface area contributed by atoms with Gasteiger partial charge in [0.05, 0.1) is 18.0 Å². The van der Waals surface area contributed by atoms with Crippen LogP contribution in [0, 0.1) is 5.92 Å². The van der Waals surface area contributed by atoms with Gasteiger partial charge in [0.25, 0.3) is 0 Å². The number of rotatable bonds is 8. The van der Waals surface area contributed by atoms with E-state index in [1.807, 2.05) is 67.6 Å². The highest BCUT2D eigenvalue weighted by Gasteiger charge is 2.44. The van der Waals surface area contributed by atoms with Gasteiger partial charge >= 0.3 is 0 Å². The molecule has 0 bridgehead atoms. The summed E-state index contributed by atoms with van der Waals surface area (Å²) in [4.78, 5) is 41.8. The van der Waals surface area contributed by atoms with Gasteiger partial charge in [0, 0.05) is 19.0 Å². The maximum atomic E-state index is 13.7. The zero-order valence-corrected chi connectivity index (χ0v) is 20.6. The van der Waals surface area contributed by atoms with E-state index in [1.54, 1.807) is 11.9 Å². The Morgan fingerprint density at radius 3 is 2.23 bits per heavy atom. The summed E-state index contributed by atoms with van der Waals surface area (Å²) in [6.07, 6.45) is 2.40. The minimum Gasteiger partial charge on any atom is -0.343 e. The Labute approximate surface area is 207 Å². The van der Waals surface area contributed by atoms with E-state index in [-0.39, 0.29) is 42.1 Å². The van der Waals surface area contributed by atoms with Gasteiger partial charge in [-0.2, -0.15) is 0 Å². The lowest BCUT2D eigenvalue weighted by Crippen LogP contribution is -2.54. The summed E-state index contributed by atoms with van der Waals surface area (Å²) in [7, 11) is 1.74. The highest BCUT2D eigenvalue weighted by atomic mass is 16.2. The topological polar surface area (TPSA) is 90.5 Å². The molecule has 0 unspecified atom stereocenters. The van der Waals surface area contributed by atoms with E-state index < -0.39 is 12.0 Å². The molecule has 2 saturated heterocycles. The monoisotopic (exact) mass is 476 g/mol. The van der Waals surface area contributed by atoms with Gasteiger partial charge in [-0.05, 0) is 50.9 Å². The number of Topliss-reactive ketones (excluding diaryl/α,β-unsaturated/α-hetero) is 1. The van der Waals surface area contributed by atoms with Crippen molar-refractivity contribution >= 4 is 17.6 Å². The van der Waals surface area contributed by atoms with Crippen LogP contribution in [0.2, 0.25) is 0 Å². The molecule has 2 heterocycles. The Morgan fingerprint density at radius 2 is 1.63 bits per heavy atom. The van der Waals surface area contributed by atoms with Gasteiger partial charge in [-0.25, -0.2) is 0 Å². The van der Waals surface area contributed by atoms with Crippen LogP contribution in [0.15, 0.2) is 60.7 Å². The highest BCUT2D eigenvalue weighted by molar-refractivity contribution is 5.93. The molecule has 4 atom stereocenters. The smallest absolute Gasteiger partial charge is 0.243 e. The largest absolute Gasteiger partial charge is 0.343 e. The summed E-state index contributed by atoms with van der Waals surface area (Å²) in [6, 6.07) is 18.7. The maximum Gasteiger partial charge on any atom is 0.243 e. The fourth-order valence-electron chi connectivity index (χ4n) is 5.23. The Bertz CT molecular complexity index is 974. The average molecular weight is 477 g/mol. The summed E-state index contributed by atoms with van der Waals surface area (Å²) in [5.41, 5.74) is 1.99. The SMILES string of the molecule is CN[C@@H](C)C(=O)C[C@H]1CNCC[C@H]2CC[C@@H](C(=O)NC(c3ccccc3)c3ccccc3)N2C1=O. The molecule has 2 aliphatic rings. The molecule has 3 N–H and O–H groups in total. The van der Waals surface area contributed by atoms with Crippen molar-refractivity contribution in [2.45, 2.75) is 56.8 Å². The molecular formula is C28H36N4O3. The van der Waals surface area contributed by atoms with Crippen molar-refractivity contribution in [3.8, 4) is 0 Å². The lowest BCUT2D eigenvalue weighted by atomic mass is 9.95. The van der Waals surface area contributed by atoms with E-state index in [9.17, 15) is 14.4 Å². The molecule has 2 aliphatic heterocycles. The predicted molar refractivity (Wildman–Crippen MR) is 136 cm³/mol. The predicted octanol–water partition coefficient (Wildman–Crippen LogP) is 2.43. The van der Waals surface area contributed by atoms with E-state index in [0.717, 1.165) is 30.5 Å². The molecule has 2 amide bonds. The second-order valence-electron chi connectivity index (χ2n) is 9.63. The fraction of sp³-hybridized carbons (Fsp3) is 0.464. The van der Waals surface area contributed by atoms with Crippen LogP contribution in [0.5, 0.6) is 0 Å². The van der Waals surface area contributed by atoms with E-state index in [1.165, 1.54) is 0 Å². The number of amides is 2. The number of hydrogen-bond donors (Lipinski definition) is 3. The summed E-state index contributed by atoms with van der Waals surface area (Å²) in [5, 5.41) is 9.54. The normalized spacial score (nSPS) is 23.3. The number of ketones is 1. The highest BCUT2D eigenvalue weighted by Crippen LogP contribution is 2.31. The Balaban J connectivity index is 1.55. The first-order valence-electron chi connectivity index (χ1n) is 12.6. The number of benzene rings is 2. The Kier molecular flexibility index (Phi) is 8.31. The van der Waals surface area contributed by atoms with Gasteiger partial charge in [0.2, 0.25) is 11.8 Å². The van der Waals surface area contributed by atoms with Crippen LogP contribution < -0.4 is 16.0 Å². The molecule has 35 heavy (non-hydrogen) atoms. The zero-order valence-electron chi connectivity index (χ0n) is 20.6. The number of fused-ring (bicyclic) bond motifs is 1. The second kappa shape index (κ2) is 11.6. The van der Waals surface area contributed by atoms with Crippen molar-refractivity contribution in [2.75, 3.05) is 20.1 Å². The second-order valence-corrected chi connectivity index (χ2v) is 9.63. The third kappa shape index (κ3) is 5.80. The fourth-order valence-corrected chi connectivity index (χ4v) is 5.23. The minimum absolute atomic E-state index is 0.0114. The number of likely N-dealkylation sites (N-methyl/N-ethyl adjacent to an activating group) is 1. The molecular weight excluding hydrogens is 440 g/mol. The van der Waals surface area contributed by atoms with E-state index in [2.05, 4.69) is 16.0 Å². The summed E-state index contributed by atoms with van der Waals surface area (Å²) in [6.45, 7) is 3.03. The van der Waals surface area contributed by atoms with Gasteiger partial charge in [-0.15, -0.1) is 0 Å². The lowest BCUT2D eigenvalue weighted by molar-refractivity contribution is -0.145. The minimum atomic E-state index is -0.528. The molecule has 2 aromatic carbocycles. The first-order chi connectivity index (χ1) is 17.0. The molecule has 0 aromatic heterocycles.